The van der Waals surface area contributed by atoms with Crippen LogP contribution in [0, 0.1) is 6.92 Å². The highest BCUT2D eigenvalue weighted by Gasteiger charge is 2.19. The molecule has 0 unspecified atom stereocenters. The molecule has 0 spiro atoms. The number of hydrogen-bond donors (Lipinski definition) is 2. The van der Waals surface area contributed by atoms with Gasteiger partial charge in [0.25, 0.3) is 0 Å². The van der Waals surface area contributed by atoms with Gasteiger partial charge in [-0.3, -0.25) is 5.10 Å². The molecule has 0 aliphatic carbocycles. The minimum Gasteiger partial charge on any atom is -0.478 e. The first-order valence-electron chi connectivity index (χ1n) is 7.98. The molecule has 4 rings (SSSR count). The molecule has 2 aromatic heterocycles. The van der Waals surface area contributed by atoms with Crippen LogP contribution in [0.3, 0.4) is 0 Å². The zero-order valence-electron chi connectivity index (χ0n) is 13.8. The van der Waals surface area contributed by atoms with E-state index in [1.165, 1.54) is 0 Å². The number of aryl methyl sites for hydroxylation is 1. The number of aromatic amines is 1. The van der Waals surface area contributed by atoms with Crippen molar-refractivity contribution in [3.63, 3.8) is 0 Å². The van der Waals surface area contributed by atoms with Crippen LogP contribution in [0.15, 0.2) is 59.1 Å². The summed E-state index contributed by atoms with van der Waals surface area (Å²) in [5.74, 6) is -1.01. The summed E-state index contributed by atoms with van der Waals surface area (Å²) in [6.45, 7) is 2.00. The Morgan fingerprint density at radius 2 is 1.69 bits per heavy atom. The van der Waals surface area contributed by atoms with Crippen molar-refractivity contribution < 1.29 is 9.90 Å². The number of fused-ring (bicyclic) bond motifs is 1. The molecule has 0 aliphatic rings. The van der Waals surface area contributed by atoms with E-state index in [0.717, 1.165) is 21.2 Å². The minimum absolute atomic E-state index is 0.178. The van der Waals surface area contributed by atoms with E-state index in [9.17, 15) is 9.90 Å². The molecule has 0 saturated heterocycles. The topological polar surface area (TPSA) is 78.9 Å². The van der Waals surface area contributed by atoms with Gasteiger partial charge in [-0.2, -0.15) is 5.10 Å². The zero-order chi connectivity index (χ0) is 18.3. The fraction of sp³-hybridized carbons (Fsp3) is 0.0500. The second kappa shape index (κ2) is 6.38. The molecule has 4 aromatic rings. The van der Waals surface area contributed by atoms with Gasteiger partial charge in [-0.25, -0.2) is 9.78 Å². The van der Waals surface area contributed by atoms with Crippen molar-refractivity contribution >= 4 is 32.9 Å². The highest BCUT2D eigenvalue weighted by Crippen LogP contribution is 2.31. The zero-order valence-corrected chi connectivity index (χ0v) is 15.4. The van der Waals surface area contributed by atoms with E-state index in [1.807, 2.05) is 55.5 Å². The van der Waals surface area contributed by atoms with Crippen LogP contribution in [-0.2, 0) is 0 Å². The van der Waals surface area contributed by atoms with Crippen molar-refractivity contribution in [1.82, 2.24) is 15.2 Å². The number of hydrogen-bond acceptors (Lipinski definition) is 3. The van der Waals surface area contributed by atoms with E-state index in [4.69, 9.17) is 0 Å². The molecule has 2 N–H and O–H groups in total. The molecule has 0 bridgehead atoms. The first kappa shape index (κ1) is 16.5. The third-order valence-corrected chi connectivity index (χ3v) is 4.76. The maximum Gasteiger partial charge on any atom is 0.336 e. The van der Waals surface area contributed by atoms with E-state index < -0.39 is 5.97 Å². The van der Waals surface area contributed by atoms with Crippen LogP contribution in [0.25, 0.3) is 33.5 Å². The van der Waals surface area contributed by atoms with Gasteiger partial charge in [-0.15, -0.1) is 0 Å². The lowest BCUT2D eigenvalue weighted by atomic mass is 10.0. The number of aromatic carboxylic acids is 1. The number of carboxylic acids is 1. The van der Waals surface area contributed by atoms with E-state index >= 15 is 0 Å². The van der Waals surface area contributed by atoms with Crippen LogP contribution >= 0.6 is 15.9 Å². The third-order valence-electron chi connectivity index (χ3n) is 4.23. The molecule has 0 radical (unpaired) electrons. The molecule has 0 atom stereocenters. The quantitative estimate of drug-likeness (QED) is 0.497. The van der Waals surface area contributed by atoms with Gasteiger partial charge >= 0.3 is 5.97 Å². The summed E-state index contributed by atoms with van der Waals surface area (Å²) >= 11 is 3.40. The lowest BCUT2D eigenvalue weighted by molar-refractivity contribution is 0.0699. The molecule has 2 aromatic carbocycles. The summed E-state index contributed by atoms with van der Waals surface area (Å²) < 4.78 is 0.946. The predicted octanol–water partition coefficient (Wildman–Crippen LogP) is 5.06. The Hall–Kier alpha value is -2.99. The fourth-order valence-corrected chi connectivity index (χ4v) is 3.15. The number of pyridine rings is 1. The standard InChI is InChI=1S/C20H14BrN3O2/c1-11-2-4-13(5-3-11)18-17-15(20(25)26)10-16(22-19(17)24-23-18)12-6-8-14(21)9-7-12/h2-10H,1H3,(H,25,26)(H,22,23,24). The lowest BCUT2D eigenvalue weighted by Gasteiger charge is -2.06. The molecular formula is C20H14BrN3O2. The Labute approximate surface area is 157 Å². The SMILES string of the molecule is Cc1ccc(-c2[nH]nc3nc(-c4ccc(Br)cc4)cc(C(=O)O)c23)cc1. The second-order valence-corrected chi connectivity index (χ2v) is 6.95. The Balaban J connectivity index is 1.94. The molecule has 6 heteroatoms. The highest BCUT2D eigenvalue weighted by atomic mass is 79.9. The van der Waals surface area contributed by atoms with Crippen molar-refractivity contribution in [2.75, 3.05) is 0 Å². The van der Waals surface area contributed by atoms with Gasteiger partial charge in [0, 0.05) is 15.6 Å². The van der Waals surface area contributed by atoms with Gasteiger partial charge in [0.2, 0.25) is 0 Å². The van der Waals surface area contributed by atoms with Crippen LogP contribution in [0.4, 0.5) is 0 Å². The minimum atomic E-state index is -1.01. The first-order chi connectivity index (χ1) is 12.5. The van der Waals surface area contributed by atoms with Crippen molar-refractivity contribution in [3.05, 3.63) is 70.2 Å². The van der Waals surface area contributed by atoms with E-state index in [0.29, 0.717) is 22.4 Å². The van der Waals surface area contributed by atoms with Crippen LogP contribution in [0.1, 0.15) is 15.9 Å². The molecule has 0 saturated carbocycles. The van der Waals surface area contributed by atoms with Gasteiger partial charge in [-0.1, -0.05) is 57.9 Å². The van der Waals surface area contributed by atoms with Crippen LogP contribution in [0.5, 0.6) is 0 Å². The molecule has 0 aliphatic heterocycles. The monoisotopic (exact) mass is 407 g/mol. The fourth-order valence-electron chi connectivity index (χ4n) is 2.89. The summed E-state index contributed by atoms with van der Waals surface area (Å²) in [5.41, 5.74) is 4.63. The summed E-state index contributed by atoms with van der Waals surface area (Å²) in [6.07, 6.45) is 0. The average Bonchev–Trinajstić information content (AvgIpc) is 3.06. The van der Waals surface area contributed by atoms with E-state index in [2.05, 4.69) is 31.1 Å². The second-order valence-electron chi connectivity index (χ2n) is 6.03. The molecule has 2 heterocycles. The van der Waals surface area contributed by atoms with Gasteiger partial charge in [0.1, 0.15) is 0 Å². The van der Waals surface area contributed by atoms with Crippen LogP contribution in [-0.4, -0.2) is 26.3 Å². The number of rotatable bonds is 3. The number of benzene rings is 2. The Morgan fingerprint density at radius 3 is 2.35 bits per heavy atom. The third kappa shape index (κ3) is 2.88. The van der Waals surface area contributed by atoms with Gasteiger partial charge in [0.05, 0.1) is 22.3 Å². The summed E-state index contributed by atoms with van der Waals surface area (Å²) in [4.78, 5) is 16.5. The summed E-state index contributed by atoms with van der Waals surface area (Å²) in [5, 5.41) is 17.5. The molecule has 5 nitrogen and oxygen atoms in total. The maximum atomic E-state index is 11.9. The molecule has 26 heavy (non-hydrogen) atoms. The number of aromatic nitrogens is 3. The van der Waals surface area contributed by atoms with Crippen molar-refractivity contribution in [2.24, 2.45) is 0 Å². The lowest BCUT2D eigenvalue weighted by Crippen LogP contribution is -2.00. The number of carboxylic acid groups (broad SMARTS) is 1. The van der Waals surface area contributed by atoms with Gasteiger partial charge in [-0.05, 0) is 25.1 Å². The molecule has 128 valence electrons. The molecular weight excluding hydrogens is 394 g/mol. The number of nitrogens with zero attached hydrogens (tertiary/aromatic N) is 2. The largest absolute Gasteiger partial charge is 0.478 e. The van der Waals surface area contributed by atoms with Crippen molar-refractivity contribution in [2.45, 2.75) is 6.92 Å². The normalized spacial score (nSPS) is 11.0. The Bertz CT molecular complexity index is 1120. The number of H-pyrrole nitrogens is 1. The smallest absolute Gasteiger partial charge is 0.336 e. The Kier molecular flexibility index (Phi) is 4.05. The predicted molar refractivity (Wildman–Crippen MR) is 104 cm³/mol. The van der Waals surface area contributed by atoms with E-state index in [1.54, 1.807) is 6.07 Å². The Morgan fingerprint density at radius 1 is 1.04 bits per heavy atom. The summed E-state index contributed by atoms with van der Waals surface area (Å²) in [7, 11) is 0. The van der Waals surface area contributed by atoms with Crippen LogP contribution < -0.4 is 0 Å². The van der Waals surface area contributed by atoms with Gasteiger partial charge in [0.15, 0.2) is 5.65 Å². The number of carbonyl (C=O) groups is 1. The average molecular weight is 408 g/mol. The maximum absolute atomic E-state index is 11.9. The van der Waals surface area contributed by atoms with Gasteiger partial charge < -0.3 is 5.11 Å². The molecule has 0 fully saturated rings. The first-order valence-corrected chi connectivity index (χ1v) is 8.77. The number of halogens is 1. The number of nitrogens with one attached hydrogen (secondary N) is 1. The van der Waals surface area contributed by atoms with Crippen molar-refractivity contribution in [3.8, 4) is 22.5 Å². The van der Waals surface area contributed by atoms with Crippen LogP contribution in [0.2, 0.25) is 0 Å². The highest BCUT2D eigenvalue weighted by molar-refractivity contribution is 9.10. The summed E-state index contributed by atoms with van der Waals surface area (Å²) in [6, 6.07) is 17.0. The van der Waals surface area contributed by atoms with Crippen molar-refractivity contribution in [1.29, 1.82) is 0 Å². The van der Waals surface area contributed by atoms with E-state index in [-0.39, 0.29) is 5.56 Å². The molecule has 0 amide bonds.